The lowest BCUT2D eigenvalue weighted by Gasteiger charge is -2.14. The molecule has 0 spiro atoms. The van der Waals surface area contributed by atoms with Crippen LogP contribution < -0.4 is 0 Å². The molecule has 0 saturated carbocycles. The maximum Gasteiger partial charge on any atom is 0.246 e. The molecule has 1 amide bonds. The van der Waals surface area contributed by atoms with Crippen molar-refractivity contribution in [1.29, 1.82) is 0 Å². The summed E-state index contributed by atoms with van der Waals surface area (Å²) in [5.41, 5.74) is 0. The lowest BCUT2D eigenvalue weighted by molar-refractivity contribution is -0.124. The Balaban J connectivity index is 2.33. The molecule has 0 aromatic carbocycles. The van der Waals surface area contributed by atoms with Crippen LogP contribution in [0.2, 0.25) is 0 Å². The summed E-state index contributed by atoms with van der Waals surface area (Å²) >= 11 is 3.20. The highest BCUT2D eigenvalue weighted by molar-refractivity contribution is 9.10. The summed E-state index contributed by atoms with van der Waals surface area (Å²) in [6.07, 6.45) is 5.78. The third-order valence-electron chi connectivity index (χ3n) is 2.51. The highest BCUT2D eigenvalue weighted by atomic mass is 79.9. The number of halogens is 1. The molecule has 0 aliphatic heterocycles. The molecule has 0 fully saturated rings. The predicted octanol–water partition coefficient (Wildman–Crippen LogP) is 2.68. The van der Waals surface area contributed by atoms with Gasteiger partial charge in [0.15, 0.2) is 4.67 Å². The maximum absolute atomic E-state index is 11.7. The van der Waals surface area contributed by atoms with Gasteiger partial charge < -0.3 is 14.4 Å². The van der Waals surface area contributed by atoms with Crippen LogP contribution in [0.15, 0.2) is 27.3 Å². The molecule has 0 atom stereocenters. The highest BCUT2D eigenvalue weighted by Gasteiger charge is 2.04. The molecule has 1 N–H and O–H groups in total. The van der Waals surface area contributed by atoms with E-state index in [1.54, 1.807) is 30.2 Å². The van der Waals surface area contributed by atoms with Crippen molar-refractivity contribution in [3.63, 3.8) is 0 Å². The number of aliphatic hydroxyl groups excluding tert-OH is 1. The van der Waals surface area contributed by atoms with Crippen LogP contribution in [0.25, 0.3) is 6.08 Å². The van der Waals surface area contributed by atoms with Crippen LogP contribution in [0, 0.1) is 0 Å². The van der Waals surface area contributed by atoms with Crippen molar-refractivity contribution in [1.82, 2.24) is 4.90 Å². The van der Waals surface area contributed by atoms with Crippen LogP contribution in [-0.4, -0.2) is 36.1 Å². The highest BCUT2D eigenvalue weighted by Crippen LogP contribution is 2.15. The number of furan rings is 1. The second kappa shape index (κ2) is 8.11. The standard InChI is InChI=1S/C13H18BrNO3/c1-15(9-3-2-4-10-16)13(17)8-6-11-5-7-12(14)18-11/h5-8,16H,2-4,9-10H2,1H3/b8-6+. The molecule has 18 heavy (non-hydrogen) atoms. The third-order valence-corrected chi connectivity index (χ3v) is 2.94. The molecule has 0 bridgehead atoms. The van der Waals surface area contributed by atoms with E-state index in [2.05, 4.69) is 15.9 Å². The topological polar surface area (TPSA) is 53.7 Å². The van der Waals surface area contributed by atoms with Gasteiger partial charge in [-0.3, -0.25) is 4.79 Å². The molecular formula is C13H18BrNO3. The van der Waals surface area contributed by atoms with Gasteiger partial charge in [-0.15, -0.1) is 0 Å². The number of aliphatic hydroxyl groups is 1. The molecule has 5 heteroatoms. The number of unbranched alkanes of at least 4 members (excludes halogenated alkanes) is 2. The van der Waals surface area contributed by atoms with E-state index in [0.29, 0.717) is 17.0 Å². The molecule has 1 aromatic heterocycles. The Morgan fingerprint density at radius 2 is 2.22 bits per heavy atom. The van der Waals surface area contributed by atoms with E-state index in [1.165, 1.54) is 6.08 Å². The van der Waals surface area contributed by atoms with E-state index in [9.17, 15) is 4.79 Å². The minimum atomic E-state index is -0.0495. The van der Waals surface area contributed by atoms with E-state index in [-0.39, 0.29) is 12.5 Å². The Morgan fingerprint density at radius 3 is 2.83 bits per heavy atom. The summed E-state index contributed by atoms with van der Waals surface area (Å²) in [6, 6.07) is 3.57. The largest absolute Gasteiger partial charge is 0.450 e. The average molecular weight is 316 g/mol. The van der Waals surface area contributed by atoms with E-state index in [4.69, 9.17) is 9.52 Å². The predicted molar refractivity (Wildman–Crippen MR) is 74.0 cm³/mol. The van der Waals surface area contributed by atoms with Gasteiger partial charge in [-0.25, -0.2) is 0 Å². The first kappa shape index (κ1) is 15.0. The SMILES string of the molecule is CN(CCCCCO)C(=O)/C=C/c1ccc(Br)o1. The fourth-order valence-electron chi connectivity index (χ4n) is 1.45. The minimum absolute atomic E-state index is 0.0495. The smallest absolute Gasteiger partial charge is 0.246 e. The van der Waals surface area contributed by atoms with Gasteiger partial charge in [-0.05, 0) is 53.4 Å². The molecule has 1 rings (SSSR count). The van der Waals surface area contributed by atoms with Gasteiger partial charge >= 0.3 is 0 Å². The fourth-order valence-corrected chi connectivity index (χ4v) is 1.77. The summed E-state index contributed by atoms with van der Waals surface area (Å²) in [5, 5.41) is 8.65. The molecule has 100 valence electrons. The molecule has 0 aliphatic rings. The minimum Gasteiger partial charge on any atom is -0.450 e. The molecule has 0 radical (unpaired) electrons. The van der Waals surface area contributed by atoms with Gasteiger partial charge in [0.1, 0.15) is 5.76 Å². The molecule has 1 aromatic rings. The van der Waals surface area contributed by atoms with Crippen molar-refractivity contribution in [2.75, 3.05) is 20.2 Å². The molecular weight excluding hydrogens is 298 g/mol. The van der Waals surface area contributed by atoms with Crippen molar-refractivity contribution in [2.24, 2.45) is 0 Å². The van der Waals surface area contributed by atoms with Crippen molar-refractivity contribution >= 4 is 27.9 Å². The number of likely N-dealkylation sites (N-methyl/N-ethyl adjacent to an activating group) is 1. The fraction of sp³-hybridized carbons (Fsp3) is 0.462. The summed E-state index contributed by atoms with van der Waals surface area (Å²) in [6.45, 7) is 0.913. The first-order valence-corrected chi connectivity index (χ1v) is 6.72. The Kier molecular flexibility index (Phi) is 6.75. The van der Waals surface area contributed by atoms with Crippen LogP contribution in [0.1, 0.15) is 25.0 Å². The van der Waals surface area contributed by atoms with Gasteiger partial charge in [-0.1, -0.05) is 0 Å². The van der Waals surface area contributed by atoms with Crippen molar-refractivity contribution in [3.8, 4) is 0 Å². The van der Waals surface area contributed by atoms with Gasteiger partial charge in [0.05, 0.1) is 0 Å². The number of nitrogens with zero attached hydrogens (tertiary/aromatic N) is 1. The van der Waals surface area contributed by atoms with Crippen LogP contribution in [0.4, 0.5) is 0 Å². The molecule has 0 saturated heterocycles. The van der Waals surface area contributed by atoms with E-state index < -0.39 is 0 Å². The normalized spacial score (nSPS) is 11.1. The quantitative estimate of drug-likeness (QED) is 0.621. The summed E-state index contributed by atoms with van der Waals surface area (Å²) < 4.78 is 5.90. The third kappa shape index (κ3) is 5.51. The number of carbonyl (C=O) groups is 1. The molecule has 1 heterocycles. The molecule has 0 aliphatic carbocycles. The van der Waals surface area contributed by atoms with Crippen LogP contribution >= 0.6 is 15.9 Å². The summed E-state index contributed by atoms with van der Waals surface area (Å²) in [7, 11) is 1.77. The Hall–Kier alpha value is -1.07. The van der Waals surface area contributed by atoms with Crippen LogP contribution in [0.3, 0.4) is 0 Å². The van der Waals surface area contributed by atoms with Crippen molar-refractivity contribution in [3.05, 3.63) is 28.6 Å². The van der Waals surface area contributed by atoms with Gasteiger partial charge in [-0.2, -0.15) is 0 Å². The first-order chi connectivity index (χ1) is 8.63. The summed E-state index contributed by atoms with van der Waals surface area (Å²) in [5.74, 6) is 0.593. The lowest BCUT2D eigenvalue weighted by atomic mass is 10.2. The van der Waals surface area contributed by atoms with E-state index >= 15 is 0 Å². The van der Waals surface area contributed by atoms with Gasteiger partial charge in [0, 0.05) is 26.3 Å². The number of hydrogen-bond acceptors (Lipinski definition) is 3. The first-order valence-electron chi connectivity index (χ1n) is 5.93. The van der Waals surface area contributed by atoms with E-state index in [1.807, 2.05) is 0 Å². The lowest BCUT2D eigenvalue weighted by Crippen LogP contribution is -2.25. The Labute approximate surface area is 115 Å². The van der Waals surface area contributed by atoms with Gasteiger partial charge in [0.25, 0.3) is 0 Å². The zero-order valence-corrected chi connectivity index (χ0v) is 12.0. The number of rotatable bonds is 7. The molecule has 0 unspecified atom stereocenters. The zero-order chi connectivity index (χ0) is 13.4. The number of carbonyl (C=O) groups excluding carboxylic acids is 1. The zero-order valence-electron chi connectivity index (χ0n) is 10.4. The van der Waals surface area contributed by atoms with E-state index in [0.717, 1.165) is 19.3 Å². The van der Waals surface area contributed by atoms with Crippen molar-refractivity contribution < 1.29 is 14.3 Å². The Bertz CT molecular complexity index is 401. The average Bonchev–Trinajstić information content (AvgIpc) is 2.77. The molecule has 4 nitrogen and oxygen atoms in total. The second-order valence-electron chi connectivity index (χ2n) is 4.02. The second-order valence-corrected chi connectivity index (χ2v) is 4.80. The van der Waals surface area contributed by atoms with Gasteiger partial charge in [0.2, 0.25) is 5.91 Å². The van der Waals surface area contributed by atoms with Crippen LogP contribution in [-0.2, 0) is 4.79 Å². The Morgan fingerprint density at radius 1 is 1.44 bits per heavy atom. The number of hydrogen-bond donors (Lipinski definition) is 1. The number of amides is 1. The maximum atomic E-state index is 11.7. The van der Waals surface area contributed by atoms with Crippen molar-refractivity contribution in [2.45, 2.75) is 19.3 Å². The monoisotopic (exact) mass is 315 g/mol. The van der Waals surface area contributed by atoms with Crippen LogP contribution in [0.5, 0.6) is 0 Å². The summed E-state index contributed by atoms with van der Waals surface area (Å²) in [4.78, 5) is 13.4.